The molecule has 3 heterocycles. The molecule has 0 spiro atoms. The number of benzene rings is 2. The number of aliphatic hydroxyl groups is 1. The molecule has 0 saturated carbocycles. The average Bonchev–Trinajstić information content (AvgIpc) is 3.22. The molecule has 5 rings (SSSR count). The number of carbonyl (C=O) groups is 2. The van der Waals surface area contributed by atoms with Crippen LogP contribution in [-0.2, 0) is 16.1 Å². The van der Waals surface area contributed by atoms with Crippen molar-refractivity contribution in [3.05, 3.63) is 83.2 Å². The highest BCUT2D eigenvalue weighted by Crippen LogP contribution is 2.43. The molecule has 1 aromatic heterocycles. The van der Waals surface area contributed by atoms with Crippen molar-refractivity contribution < 1.29 is 33.6 Å². The summed E-state index contributed by atoms with van der Waals surface area (Å²) < 4.78 is 23.2. The van der Waals surface area contributed by atoms with Gasteiger partial charge in [-0.05, 0) is 72.9 Å². The summed E-state index contributed by atoms with van der Waals surface area (Å²) in [6.45, 7) is 8.01. The fraction of sp³-hybridized carbons (Fsp3) is 0.344. The number of ketones is 1. The van der Waals surface area contributed by atoms with Gasteiger partial charge >= 0.3 is 0 Å². The average molecular weight is 559 g/mol. The van der Waals surface area contributed by atoms with Crippen LogP contribution < -0.4 is 18.9 Å². The third kappa shape index (κ3) is 5.99. The van der Waals surface area contributed by atoms with Crippen LogP contribution in [0, 0.1) is 5.92 Å². The number of fused-ring (bicyclic) bond motifs is 1. The molecule has 3 aromatic rings. The fourth-order valence-electron chi connectivity index (χ4n) is 4.91. The molecule has 2 aliphatic heterocycles. The van der Waals surface area contributed by atoms with Crippen LogP contribution in [0.2, 0.25) is 0 Å². The first-order valence-electron chi connectivity index (χ1n) is 13.8. The number of aromatic nitrogens is 1. The predicted octanol–water partition coefficient (Wildman–Crippen LogP) is 5.30. The molecule has 1 saturated heterocycles. The van der Waals surface area contributed by atoms with Crippen LogP contribution in [0.3, 0.4) is 0 Å². The summed E-state index contributed by atoms with van der Waals surface area (Å²) in [6, 6.07) is 13.0. The van der Waals surface area contributed by atoms with Crippen LogP contribution in [0.1, 0.15) is 49.9 Å². The largest absolute Gasteiger partial charge is 0.507 e. The second-order valence-corrected chi connectivity index (χ2v) is 10.3. The first-order chi connectivity index (χ1) is 19.9. The van der Waals surface area contributed by atoms with Crippen molar-refractivity contribution in [3.8, 4) is 23.0 Å². The maximum Gasteiger partial charge on any atom is 0.295 e. The molecular weight excluding hydrogens is 524 g/mol. The fourth-order valence-corrected chi connectivity index (χ4v) is 4.91. The molecule has 1 amide bonds. The Hall–Kier alpha value is -4.53. The first-order valence-corrected chi connectivity index (χ1v) is 13.8. The van der Waals surface area contributed by atoms with E-state index in [4.69, 9.17) is 18.9 Å². The van der Waals surface area contributed by atoms with E-state index in [0.717, 1.165) is 12.0 Å². The Balaban J connectivity index is 1.60. The lowest BCUT2D eigenvalue weighted by Crippen LogP contribution is -2.29. The Bertz CT molecular complexity index is 1450. The van der Waals surface area contributed by atoms with Crippen molar-refractivity contribution in [2.24, 2.45) is 5.92 Å². The summed E-state index contributed by atoms with van der Waals surface area (Å²) in [4.78, 5) is 32.5. The number of aliphatic hydroxyl groups excluding tert-OH is 1. The zero-order valence-corrected chi connectivity index (χ0v) is 23.5. The molecule has 9 heteroatoms. The number of rotatable bonds is 10. The SMILES string of the molecule is CCOc1cc([C@H]2C(=C(O)c3ccc4c(c3)OCCO4)C(=O)C(=O)N2Cc2ccncc2)ccc1OCCC(C)C. The monoisotopic (exact) mass is 558 g/mol. The summed E-state index contributed by atoms with van der Waals surface area (Å²) in [5.41, 5.74) is 1.73. The van der Waals surface area contributed by atoms with E-state index in [1.807, 2.05) is 6.92 Å². The van der Waals surface area contributed by atoms with Crippen LogP contribution in [0.15, 0.2) is 66.5 Å². The molecule has 0 aliphatic carbocycles. The van der Waals surface area contributed by atoms with Crippen LogP contribution >= 0.6 is 0 Å². The van der Waals surface area contributed by atoms with E-state index in [2.05, 4.69) is 18.8 Å². The molecule has 1 N–H and O–H groups in total. The Kier molecular flexibility index (Phi) is 8.42. The molecule has 1 fully saturated rings. The quantitative estimate of drug-likeness (QED) is 0.203. The standard InChI is InChI=1S/C32H34N2O7/c1-4-38-26-17-22(5-7-24(26)39-14-11-20(2)3)29-28(30(35)23-6-8-25-27(18-23)41-16-15-40-25)31(36)32(37)34(29)19-21-9-12-33-13-10-21/h5-10,12-13,17-18,20,29,35H,4,11,14-16,19H2,1-3H3/t29-/m0/s1. The molecule has 0 bridgehead atoms. The maximum atomic E-state index is 13.5. The molecule has 9 nitrogen and oxygen atoms in total. The normalized spacial score (nSPS) is 17.7. The summed E-state index contributed by atoms with van der Waals surface area (Å²) in [7, 11) is 0. The van der Waals surface area contributed by atoms with E-state index in [1.165, 1.54) is 4.90 Å². The Labute approximate surface area is 239 Å². The van der Waals surface area contributed by atoms with Gasteiger partial charge in [0.25, 0.3) is 11.7 Å². The van der Waals surface area contributed by atoms with Gasteiger partial charge in [-0.3, -0.25) is 14.6 Å². The molecule has 214 valence electrons. The summed E-state index contributed by atoms with van der Waals surface area (Å²) in [5, 5.41) is 11.5. The lowest BCUT2D eigenvalue weighted by atomic mass is 9.94. The van der Waals surface area contributed by atoms with Gasteiger partial charge < -0.3 is 29.0 Å². The zero-order chi connectivity index (χ0) is 28.9. The van der Waals surface area contributed by atoms with Gasteiger partial charge in [-0.2, -0.15) is 0 Å². The third-order valence-electron chi connectivity index (χ3n) is 6.99. The maximum absolute atomic E-state index is 13.5. The number of hydrogen-bond acceptors (Lipinski definition) is 8. The van der Waals surface area contributed by atoms with Gasteiger partial charge in [0.1, 0.15) is 19.0 Å². The van der Waals surface area contributed by atoms with Crippen LogP contribution in [0.5, 0.6) is 23.0 Å². The minimum absolute atomic E-state index is 0.0170. The third-order valence-corrected chi connectivity index (χ3v) is 6.99. The van der Waals surface area contributed by atoms with Crippen molar-refractivity contribution in [2.75, 3.05) is 26.4 Å². The highest BCUT2D eigenvalue weighted by atomic mass is 16.6. The highest BCUT2D eigenvalue weighted by Gasteiger charge is 2.46. The van der Waals surface area contributed by atoms with Crippen LogP contribution in [0.4, 0.5) is 0 Å². The zero-order valence-electron chi connectivity index (χ0n) is 23.5. The number of ether oxygens (including phenoxy) is 4. The Morgan fingerprint density at radius 1 is 1.00 bits per heavy atom. The second-order valence-electron chi connectivity index (χ2n) is 10.3. The number of hydrogen-bond donors (Lipinski definition) is 1. The molecule has 41 heavy (non-hydrogen) atoms. The molecule has 0 unspecified atom stereocenters. The smallest absolute Gasteiger partial charge is 0.295 e. The number of pyridine rings is 1. The number of Topliss-reactive ketones (excluding diaryl/α,β-unsaturated/α-hetero) is 1. The minimum atomic E-state index is -0.875. The number of carbonyl (C=O) groups excluding carboxylic acids is 2. The van der Waals surface area contributed by atoms with Gasteiger partial charge in [0.15, 0.2) is 23.0 Å². The second kappa shape index (κ2) is 12.3. The van der Waals surface area contributed by atoms with E-state index in [1.54, 1.807) is 60.9 Å². The van der Waals surface area contributed by atoms with Gasteiger partial charge in [0, 0.05) is 24.5 Å². The van der Waals surface area contributed by atoms with E-state index in [-0.39, 0.29) is 17.9 Å². The van der Waals surface area contributed by atoms with Crippen LogP contribution in [-0.4, -0.2) is 53.1 Å². The Morgan fingerprint density at radius 3 is 2.49 bits per heavy atom. The lowest BCUT2D eigenvalue weighted by molar-refractivity contribution is -0.140. The highest BCUT2D eigenvalue weighted by molar-refractivity contribution is 6.46. The van der Waals surface area contributed by atoms with E-state index < -0.39 is 17.7 Å². The van der Waals surface area contributed by atoms with E-state index in [0.29, 0.717) is 66.5 Å². The van der Waals surface area contributed by atoms with Gasteiger partial charge in [0.2, 0.25) is 0 Å². The van der Waals surface area contributed by atoms with Crippen molar-refractivity contribution in [1.82, 2.24) is 9.88 Å². The topological polar surface area (TPSA) is 107 Å². The first kappa shape index (κ1) is 28.0. The summed E-state index contributed by atoms with van der Waals surface area (Å²) >= 11 is 0. The number of amides is 1. The van der Waals surface area contributed by atoms with Crippen molar-refractivity contribution in [3.63, 3.8) is 0 Å². The van der Waals surface area contributed by atoms with Crippen LogP contribution in [0.25, 0.3) is 5.76 Å². The molecular formula is C32H34N2O7. The number of nitrogens with zero attached hydrogens (tertiary/aromatic N) is 2. The van der Waals surface area contributed by atoms with Gasteiger partial charge in [-0.1, -0.05) is 19.9 Å². The summed E-state index contributed by atoms with van der Waals surface area (Å²) in [5.74, 6) is 0.807. The van der Waals surface area contributed by atoms with Gasteiger partial charge in [-0.15, -0.1) is 0 Å². The predicted molar refractivity (Wildman–Crippen MR) is 152 cm³/mol. The minimum Gasteiger partial charge on any atom is -0.507 e. The molecule has 0 radical (unpaired) electrons. The van der Waals surface area contributed by atoms with E-state index >= 15 is 0 Å². The van der Waals surface area contributed by atoms with E-state index in [9.17, 15) is 14.7 Å². The van der Waals surface area contributed by atoms with Crippen molar-refractivity contribution in [1.29, 1.82) is 0 Å². The number of likely N-dealkylation sites (tertiary alicyclic amines) is 1. The molecule has 2 aliphatic rings. The molecule has 1 atom stereocenters. The van der Waals surface area contributed by atoms with Crippen molar-refractivity contribution in [2.45, 2.75) is 39.8 Å². The summed E-state index contributed by atoms with van der Waals surface area (Å²) in [6.07, 6.45) is 4.15. The lowest BCUT2D eigenvalue weighted by Gasteiger charge is -2.26. The molecule has 2 aromatic carbocycles. The van der Waals surface area contributed by atoms with Gasteiger partial charge in [0.05, 0.1) is 24.8 Å². The Morgan fingerprint density at radius 2 is 1.76 bits per heavy atom. The van der Waals surface area contributed by atoms with Crippen molar-refractivity contribution >= 4 is 17.4 Å². The van der Waals surface area contributed by atoms with Gasteiger partial charge in [-0.25, -0.2) is 0 Å².